The molecule has 0 bridgehead atoms. The van der Waals surface area contributed by atoms with Gasteiger partial charge >= 0.3 is 6.18 Å². The van der Waals surface area contributed by atoms with E-state index in [4.69, 9.17) is 9.72 Å². The molecule has 2 aliphatic carbocycles. The van der Waals surface area contributed by atoms with Crippen LogP contribution in [0.3, 0.4) is 0 Å². The van der Waals surface area contributed by atoms with Crippen LogP contribution in [-0.2, 0) is 13.2 Å². The molecule has 204 valence electrons. The third-order valence-corrected chi connectivity index (χ3v) is 7.22. The second-order valence-electron chi connectivity index (χ2n) is 10.3. The molecule has 0 amide bonds. The number of alkyl halides is 3. The lowest BCUT2D eigenvalue weighted by Gasteiger charge is -2.13. The van der Waals surface area contributed by atoms with Crippen LogP contribution in [0.1, 0.15) is 60.2 Å². The topological polar surface area (TPSA) is 115 Å². The van der Waals surface area contributed by atoms with Gasteiger partial charge in [0.2, 0.25) is 5.88 Å². The Morgan fingerprint density at radius 2 is 1.82 bits per heavy atom. The lowest BCUT2D eigenvalue weighted by atomic mass is 10.0. The molecule has 0 spiro atoms. The number of hydrogen-bond acceptors (Lipinski definition) is 7. The number of nitrogens with zero attached hydrogens (tertiary/aromatic N) is 6. The Balaban J connectivity index is 1.23. The summed E-state index contributed by atoms with van der Waals surface area (Å²) in [4.78, 5) is 25.2. The highest BCUT2D eigenvalue weighted by Crippen LogP contribution is 2.46. The van der Waals surface area contributed by atoms with Gasteiger partial charge in [0.15, 0.2) is 11.5 Å². The van der Waals surface area contributed by atoms with Crippen molar-refractivity contribution in [1.82, 2.24) is 34.5 Å². The van der Waals surface area contributed by atoms with Crippen molar-refractivity contribution in [3.63, 3.8) is 0 Å². The minimum atomic E-state index is -4.53. The molecule has 5 aromatic rings. The van der Waals surface area contributed by atoms with E-state index in [0.29, 0.717) is 50.9 Å². The second kappa shape index (κ2) is 9.12. The van der Waals surface area contributed by atoms with Gasteiger partial charge in [-0.1, -0.05) is 24.3 Å². The minimum absolute atomic E-state index is 0.142. The van der Waals surface area contributed by atoms with Crippen LogP contribution in [0.4, 0.5) is 13.2 Å². The van der Waals surface area contributed by atoms with Gasteiger partial charge in [0, 0.05) is 36.5 Å². The summed E-state index contributed by atoms with van der Waals surface area (Å²) < 4.78 is 46.7. The first-order chi connectivity index (χ1) is 19.3. The van der Waals surface area contributed by atoms with Crippen LogP contribution in [0.5, 0.6) is 5.88 Å². The van der Waals surface area contributed by atoms with Crippen LogP contribution in [0.25, 0.3) is 33.8 Å². The SMILES string of the molecule is Cn1cc(C(F)(F)F)nc1-c1ccc(C(O)c2c[nH]c3cnc(-c4c(OC5CC5)ncnc4C4CC4)nc23)cc1. The second-order valence-corrected chi connectivity index (χ2v) is 10.3. The highest BCUT2D eigenvalue weighted by Gasteiger charge is 2.35. The molecule has 1 atom stereocenters. The van der Waals surface area contributed by atoms with Crippen molar-refractivity contribution in [2.45, 2.75) is 50.0 Å². The number of benzene rings is 1. The lowest BCUT2D eigenvalue weighted by molar-refractivity contribution is -0.140. The molecule has 4 heterocycles. The standard InChI is InChI=1S/C28H24F3N7O2/c1-38-12-20(28(29,30)31)36-26(38)16-6-4-15(5-7-16)24(39)18-10-32-19-11-33-25(37-23(18)19)21-22(14-2-3-14)34-13-35-27(21)40-17-8-9-17/h4-7,10-14,17,24,32,39H,2-3,8-9H2,1H3. The summed E-state index contributed by atoms with van der Waals surface area (Å²) in [7, 11) is 1.51. The quantitative estimate of drug-likeness (QED) is 0.283. The normalized spacial score (nSPS) is 16.4. The summed E-state index contributed by atoms with van der Waals surface area (Å²) >= 11 is 0. The number of aryl methyl sites for hydroxylation is 1. The smallest absolute Gasteiger partial charge is 0.434 e. The number of ether oxygens (including phenoxy) is 1. The largest absolute Gasteiger partial charge is 0.474 e. The fourth-order valence-corrected chi connectivity index (χ4v) is 4.82. The first-order valence-electron chi connectivity index (χ1n) is 13.0. The van der Waals surface area contributed by atoms with Crippen molar-refractivity contribution in [1.29, 1.82) is 0 Å². The Bertz CT molecular complexity index is 1720. The van der Waals surface area contributed by atoms with Crippen LogP contribution in [0, 0.1) is 0 Å². The number of rotatable bonds is 7. The van der Waals surface area contributed by atoms with Crippen LogP contribution in [0.15, 0.2) is 49.2 Å². The summed E-state index contributed by atoms with van der Waals surface area (Å²) in [5.74, 6) is 1.41. The van der Waals surface area contributed by atoms with E-state index in [1.807, 2.05) is 0 Å². The number of hydrogen-bond donors (Lipinski definition) is 2. The Labute approximate surface area is 226 Å². The van der Waals surface area contributed by atoms with Crippen molar-refractivity contribution in [3.05, 3.63) is 71.7 Å². The number of aromatic nitrogens is 7. The van der Waals surface area contributed by atoms with Gasteiger partial charge in [-0.05, 0) is 31.2 Å². The van der Waals surface area contributed by atoms with E-state index < -0.39 is 18.0 Å². The molecule has 4 aromatic heterocycles. The average molecular weight is 548 g/mol. The summed E-state index contributed by atoms with van der Waals surface area (Å²) in [6, 6.07) is 6.61. The van der Waals surface area contributed by atoms with Gasteiger partial charge < -0.3 is 19.4 Å². The number of imidazole rings is 1. The molecule has 1 aromatic carbocycles. The number of nitrogens with one attached hydrogen (secondary N) is 1. The fraction of sp³-hybridized carbons (Fsp3) is 0.321. The molecule has 2 aliphatic rings. The first-order valence-corrected chi connectivity index (χ1v) is 13.0. The molecule has 2 saturated carbocycles. The fourth-order valence-electron chi connectivity index (χ4n) is 4.82. The van der Waals surface area contributed by atoms with Crippen LogP contribution in [0.2, 0.25) is 0 Å². The number of aliphatic hydroxyl groups is 1. The van der Waals surface area contributed by atoms with E-state index >= 15 is 0 Å². The maximum atomic E-state index is 13.1. The number of halogens is 3. The third-order valence-electron chi connectivity index (χ3n) is 7.22. The van der Waals surface area contributed by atoms with Gasteiger partial charge in [-0.3, -0.25) is 0 Å². The molecule has 0 aliphatic heterocycles. The molecule has 1 unspecified atom stereocenters. The van der Waals surface area contributed by atoms with Gasteiger partial charge in [0.1, 0.15) is 29.9 Å². The zero-order valence-electron chi connectivity index (χ0n) is 21.4. The van der Waals surface area contributed by atoms with E-state index in [9.17, 15) is 18.3 Å². The zero-order valence-corrected chi connectivity index (χ0v) is 21.4. The van der Waals surface area contributed by atoms with E-state index in [-0.39, 0.29) is 11.9 Å². The maximum absolute atomic E-state index is 13.1. The number of aliphatic hydroxyl groups excluding tert-OH is 1. The number of aromatic amines is 1. The Kier molecular flexibility index (Phi) is 5.63. The van der Waals surface area contributed by atoms with Crippen molar-refractivity contribution in [3.8, 4) is 28.7 Å². The highest BCUT2D eigenvalue weighted by atomic mass is 19.4. The van der Waals surface area contributed by atoms with Crippen LogP contribution >= 0.6 is 0 Å². The minimum Gasteiger partial charge on any atom is -0.474 e. The molecular weight excluding hydrogens is 523 g/mol. The third kappa shape index (κ3) is 4.47. The first kappa shape index (κ1) is 24.7. The van der Waals surface area contributed by atoms with E-state index in [2.05, 4.69) is 24.9 Å². The van der Waals surface area contributed by atoms with Gasteiger partial charge in [0.25, 0.3) is 0 Å². The Hall–Kier alpha value is -4.32. The van der Waals surface area contributed by atoms with E-state index in [1.54, 1.807) is 36.7 Å². The summed E-state index contributed by atoms with van der Waals surface area (Å²) in [5.41, 5.74) is 3.39. The number of H-pyrrole nitrogens is 1. The average Bonchev–Trinajstić information content (AvgIpc) is 3.87. The van der Waals surface area contributed by atoms with E-state index in [0.717, 1.165) is 37.6 Å². The van der Waals surface area contributed by atoms with Crippen LogP contribution < -0.4 is 4.74 Å². The Morgan fingerprint density at radius 3 is 2.50 bits per heavy atom. The van der Waals surface area contributed by atoms with Crippen LogP contribution in [-0.4, -0.2) is 45.7 Å². The Morgan fingerprint density at radius 1 is 1.05 bits per heavy atom. The highest BCUT2D eigenvalue weighted by molar-refractivity contribution is 5.82. The molecule has 7 rings (SSSR count). The summed E-state index contributed by atoms with van der Waals surface area (Å²) in [6.45, 7) is 0. The summed E-state index contributed by atoms with van der Waals surface area (Å²) in [5, 5.41) is 11.3. The molecule has 0 radical (unpaired) electrons. The van der Waals surface area contributed by atoms with Gasteiger partial charge in [-0.25, -0.2) is 24.9 Å². The molecule has 40 heavy (non-hydrogen) atoms. The number of fused-ring (bicyclic) bond motifs is 1. The van der Waals surface area contributed by atoms with Crippen molar-refractivity contribution in [2.75, 3.05) is 0 Å². The zero-order chi connectivity index (χ0) is 27.6. The maximum Gasteiger partial charge on any atom is 0.434 e. The van der Waals surface area contributed by atoms with E-state index in [1.165, 1.54) is 17.9 Å². The van der Waals surface area contributed by atoms with Crippen molar-refractivity contribution >= 4 is 11.0 Å². The molecule has 2 N–H and O–H groups in total. The van der Waals surface area contributed by atoms with Gasteiger partial charge in [-0.2, -0.15) is 13.2 Å². The lowest BCUT2D eigenvalue weighted by Crippen LogP contribution is -2.06. The molecule has 0 saturated heterocycles. The molecular formula is C28H24F3N7O2. The molecule has 9 nitrogen and oxygen atoms in total. The van der Waals surface area contributed by atoms with Gasteiger partial charge in [0.05, 0.1) is 22.9 Å². The van der Waals surface area contributed by atoms with Gasteiger partial charge in [-0.15, -0.1) is 0 Å². The summed E-state index contributed by atoms with van der Waals surface area (Å²) in [6.07, 6.45) is 4.44. The molecule has 12 heteroatoms. The van der Waals surface area contributed by atoms with Crippen molar-refractivity contribution in [2.24, 2.45) is 7.05 Å². The predicted octanol–water partition coefficient (Wildman–Crippen LogP) is 5.33. The monoisotopic (exact) mass is 547 g/mol. The molecule has 2 fully saturated rings. The predicted molar refractivity (Wildman–Crippen MR) is 138 cm³/mol. The van der Waals surface area contributed by atoms with Crippen molar-refractivity contribution < 1.29 is 23.0 Å².